The smallest absolute Gasteiger partial charge is 0.321 e. The monoisotopic (exact) mass is 371 g/mol. The van der Waals surface area contributed by atoms with Gasteiger partial charge in [0.2, 0.25) is 5.91 Å². The number of hydrogen-bond donors (Lipinski definition) is 2. The second-order valence-corrected chi connectivity index (χ2v) is 6.08. The van der Waals surface area contributed by atoms with E-state index in [1.54, 1.807) is 54.5 Å². The molecule has 3 rings (SSSR count). The number of nitrogens with one attached hydrogen (secondary N) is 2. The van der Waals surface area contributed by atoms with Gasteiger partial charge in [-0.2, -0.15) is 0 Å². The minimum atomic E-state index is -0.296. The summed E-state index contributed by atoms with van der Waals surface area (Å²) in [7, 11) is 1.56. The lowest BCUT2D eigenvalue weighted by molar-refractivity contribution is -0.111. The number of anilines is 2. The van der Waals surface area contributed by atoms with Gasteiger partial charge in [-0.05, 0) is 42.5 Å². The Hall–Kier alpha value is -2.99. The molecule has 1 aliphatic rings. The maximum Gasteiger partial charge on any atom is 0.321 e. The van der Waals surface area contributed by atoms with Crippen molar-refractivity contribution in [2.45, 2.75) is 0 Å². The molecule has 6 nitrogen and oxygen atoms in total. The number of ether oxygens (including phenoxy) is 1. The molecule has 1 aliphatic heterocycles. The predicted molar refractivity (Wildman–Crippen MR) is 103 cm³/mol. The van der Waals surface area contributed by atoms with Gasteiger partial charge in [0.15, 0.2) is 0 Å². The van der Waals surface area contributed by atoms with Crippen molar-refractivity contribution in [3.05, 3.63) is 59.1 Å². The third-order valence-corrected chi connectivity index (χ3v) is 4.12. The fraction of sp³-hybridized carbons (Fsp3) is 0.158. The lowest BCUT2D eigenvalue weighted by Gasteiger charge is -2.15. The maximum atomic E-state index is 12.2. The summed E-state index contributed by atoms with van der Waals surface area (Å²) < 4.78 is 5.25. The van der Waals surface area contributed by atoms with Crippen LogP contribution in [0.25, 0.3) is 6.08 Å². The number of hydrogen-bond acceptors (Lipinski definition) is 3. The predicted octanol–water partition coefficient (Wildman–Crippen LogP) is 3.53. The van der Waals surface area contributed by atoms with Crippen molar-refractivity contribution < 1.29 is 14.3 Å². The van der Waals surface area contributed by atoms with Crippen molar-refractivity contribution in [2.75, 3.05) is 30.4 Å². The highest BCUT2D eigenvalue weighted by Gasteiger charge is 2.21. The minimum Gasteiger partial charge on any atom is -0.496 e. The quantitative estimate of drug-likeness (QED) is 0.790. The Labute approximate surface area is 156 Å². The van der Waals surface area contributed by atoms with Crippen LogP contribution in [0.3, 0.4) is 0 Å². The summed E-state index contributed by atoms with van der Waals surface area (Å²) in [5.74, 6) is 0.329. The van der Waals surface area contributed by atoms with Crippen LogP contribution in [0.2, 0.25) is 5.02 Å². The zero-order chi connectivity index (χ0) is 18.5. The number of rotatable bonds is 5. The highest BCUT2D eigenvalue weighted by molar-refractivity contribution is 6.30. The van der Waals surface area contributed by atoms with Crippen LogP contribution in [0.5, 0.6) is 5.75 Å². The van der Waals surface area contributed by atoms with Gasteiger partial charge in [0.25, 0.3) is 0 Å². The van der Waals surface area contributed by atoms with E-state index in [1.165, 1.54) is 6.08 Å². The molecule has 0 aromatic heterocycles. The van der Waals surface area contributed by atoms with Crippen LogP contribution in [0.15, 0.2) is 48.5 Å². The van der Waals surface area contributed by atoms with E-state index in [0.717, 1.165) is 5.69 Å². The Balaban J connectivity index is 1.70. The first-order valence-corrected chi connectivity index (χ1v) is 8.42. The average molecular weight is 372 g/mol. The molecule has 0 radical (unpaired) electrons. The summed E-state index contributed by atoms with van der Waals surface area (Å²) in [6.07, 6.45) is 3.04. The Morgan fingerprint density at radius 3 is 2.88 bits per heavy atom. The molecule has 1 saturated heterocycles. The van der Waals surface area contributed by atoms with E-state index in [4.69, 9.17) is 16.3 Å². The normalized spacial score (nSPS) is 13.8. The molecule has 0 atom stereocenters. The van der Waals surface area contributed by atoms with Gasteiger partial charge in [-0.25, -0.2) is 4.79 Å². The van der Waals surface area contributed by atoms with Crippen molar-refractivity contribution >= 4 is 41.0 Å². The van der Waals surface area contributed by atoms with Gasteiger partial charge in [-0.3, -0.25) is 9.69 Å². The number of methoxy groups -OCH3 is 1. The molecule has 2 aromatic carbocycles. The van der Waals surface area contributed by atoms with Crippen LogP contribution >= 0.6 is 11.6 Å². The molecular weight excluding hydrogens is 354 g/mol. The van der Waals surface area contributed by atoms with Crippen molar-refractivity contribution in [2.24, 2.45) is 0 Å². The largest absolute Gasteiger partial charge is 0.496 e. The number of amides is 3. The number of nitrogens with zero attached hydrogens (tertiary/aromatic N) is 1. The molecule has 134 valence electrons. The standard InChI is InChI=1S/C19H18ClN3O3/c1-26-17-7-6-14(20)11-13(17)5-8-18(24)22-15-3-2-4-16(12-15)23-10-9-21-19(23)25/h2-8,11-12H,9-10H2,1H3,(H,21,25)(H,22,24). The summed E-state index contributed by atoms with van der Waals surface area (Å²) in [6.45, 7) is 1.21. The Bertz CT molecular complexity index is 867. The fourth-order valence-corrected chi connectivity index (χ4v) is 2.83. The van der Waals surface area contributed by atoms with Gasteiger partial charge in [0.05, 0.1) is 7.11 Å². The number of carbonyl (C=O) groups excluding carboxylic acids is 2. The van der Waals surface area contributed by atoms with Crippen LogP contribution < -0.4 is 20.3 Å². The number of benzene rings is 2. The SMILES string of the molecule is COc1ccc(Cl)cc1C=CC(=O)Nc1cccc(N2CCNC2=O)c1. The molecule has 26 heavy (non-hydrogen) atoms. The molecule has 2 aromatic rings. The lowest BCUT2D eigenvalue weighted by atomic mass is 10.2. The van der Waals surface area contributed by atoms with Crippen LogP contribution in [0.1, 0.15) is 5.56 Å². The number of urea groups is 1. The molecule has 3 amide bonds. The van der Waals surface area contributed by atoms with E-state index < -0.39 is 0 Å². The van der Waals surface area contributed by atoms with Gasteiger partial charge in [0.1, 0.15) is 5.75 Å². The molecule has 0 unspecified atom stereocenters. The van der Waals surface area contributed by atoms with E-state index in [1.807, 2.05) is 6.07 Å². The topological polar surface area (TPSA) is 70.7 Å². The molecule has 0 aliphatic carbocycles. The fourth-order valence-electron chi connectivity index (χ4n) is 2.65. The van der Waals surface area contributed by atoms with Crippen molar-refractivity contribution in [3.8, 4) is 5.75 Å². The van der Waals surface area contributed by atoms with Crippen LogP contribution in [0.4, 0.5) is 16.2 Å². The van der Waals surface area contributed by atoms with Crippen molar-refractivity contribution in [1.82, 2.24) is 5.32 Å². The molecule has 7 heteroatoms. The number of halogens is 1. The average Bonchev–Trinajstić information content (AvgIpc) is 3.06. The van der Waals surface area contributed by atoms with Gasteiger partial charge >= 0.3 is 6.03 Å². The number of carbonyl (C=O) groups is 2. The lowest BCUT2D eigenvalue weighted by Crippen LogP contribution is -2.27. The molecular formula is C19H18ClN3O3. The van der Waals surface area contributed by atoms with Crippen LogP contribution in [0, 0.1) is 0 Å². The van der Waals surface area contributed by atoms with E-state index >= 15 is 0 Å². The minimum absolute atomic E-state index is 0.138. The first-order valence-electron chi connectivity index (χ1n) is 8.05. The Morgan fingerprint density at radius 2 is 2.15 bits per heavy atom. The van der Waals surface area contributed by atoms with E-state index in [2.05, 4.69) is 10.6 Å². The first-order chi connectivity index (χ1) is 12.6. The van der Waals surface area contributed by atoms with Gasteiger partial charge in [0, 0.05) is 41.1 Å². The second kappa shape index (κ2) is 7.93. The summed E-state index contributed by atoms with van der Waals surface area (Å²) in [5, 5.41) is 6.09. The van der Waals surface area contributed by atoms with E-state index in [9.17, 15) is 9.59 Å². The van der Waals surface area contributed by atoms with Gasteiger partial charge < -0.3 is 15.4 Å². The first kappa shape index (κ1) is 17.8. The molecule has 0 spiro atoms. The van der Waals surface area contributed by atoms with E-state index in [-0.39, 0.29) is 11.9 Å². The third kappa shape index (κ3) is 4.15. The van der Waals surface area contributed by atoms with Gasteiger partial charge in [-0.1, -0.05) is 17.7 Å². The molecule has 2 N–H and O–H groups in total. The van der Waals surface area contributed by atoms with Crippen molar-refractivity contribution in [3.63, 3.8) is 0 Å². The summed E-state index contributed by atoms with van der Waals surface area (Å²) in [5.41, 5.74) is 2.05. The third-order valence-electron chi connectivity index (χ3n) is 3.89. The summed E-state index contributed by atoms with van der Waals surface area (Å²) >= 11 is 5.98. The second-order valence-electron chi connectivity index (χ2n) is 5.64. The zero-order valence-corrected chi connectivity index (χ0v) is 14.9. The van der Waals surface area contributed by atoms with E-state index in [0.29, 0.717) is 35.1 Å². The highest BCUT2D eigenvalue weighted by Crippen LogP contribution is 2.24. The Kier molecular flexibility index (Phi) is 5.43. The molecule has 0 bridgehead atoms. The highest BCUT2D eigenvalue weighted by atomic mass is 35.5. The summed E-state index contributed by atoms with van der Waals surface area (Å²) in [4.78, 5) is 25.6. The van der Waals surface area contributed by atoms with Crippen LogP contribution in [-0.2, 0) is 4.79 Å². The van der Waals surface area contributed by atoms with Gasteiger partial charge in [-0.15, -0.1) is 0 Å². The van der Waals surface area contributed by atoms with Crippen LogP contribution in [-0.4, -0.2) is 32.1 Å². The summed E-state index contributed by atoms with van der Waals surface area (Å²) in [6, 6.07) is 12.2. The zero-order valence-electron chi connectivity index (χ0n) is 14.2. The molecule has 0 saturated carbocycles. The molecule has 1 heterocycles. The maximum absolute atomic E-state index is 12.2. The Morgan fingerprint density at radius 1 is 1.31 bits per heavy atom. The van der Waals surface area contributed by atoms with Crippen molar-refractivity contribution in [1.29, 1.82) is 0 Å². The molecule has 1 fully saturated rings.